The maximum absolute atomic E-state index is 11.7. The van der Waals surface area contributed by atoms with Crippen molar-refractivity contribution in [1.29, 1.82) is 0 Å². The van der Waals surface area contributed by atoms with Crippen LogP contribution >= 0.6 is 11.3 Å². The fourth-order valence-corrected chi connectivity index (χ4v) is 3.18. The van der Waals surface area contributed by atoms with Gasteiger partial charge in [0.25, 0.3) is 0 Å². The Morgan fingerprint density at radius 1 is 1.65 bits per heavy atom. The van der Waals surface area contributed by atoms with E-state index < -0.39 is 0 Å². The van der Waals surface area contributed by atoms with Crippen LogP contribution in [-0.4, -0.2) is 41.7 Å². The number of likely N-dealkylation sites (N-methyl/N-ethyl adjacent to an activating group) is 1. The smallest absolute Gasteiger partial charge is 0.323 e. The second kappa shape index (κ2) is 6.65. The molecule has 1 aromatic rings. The fraction of sp³-hybridized carbons (Fsp3) is 0.714. The number of carbonyl (C=O) groups is 1. The third-order valence-corrected chi connectivity index (χ3v) is 4.48. The Balaban J connectivity index is 1.95. The van der Waals surface area contributed by atoms with E-state index >= 15 is 0 Å². The lowest BCUT2D eigenvalue weighted by Gasteiger charge is -2.19. The molecule has 0 unspecified atom stereocenters. The van der Waals surface area contributed by atoms with Gasteiger partial charge in [-0.2, -0.15) is 0 Å². The zero-order valence-corrected chi connectivity index (χ0v) is 13.3. The monoisotopic (exact) mass is 298 g/mol. The molecule has 0 spiro atoms. The number of aromatic nitrogens is 1. The number of esters is 1. The van der Waals surface area contributed by atoms with Gasteiger partial charge in [-0.05, 0) is 27.8 Å². The highest BCUT2D eigenvalue weighted by molar-refractivity contribution is 7.09. The predicted molar refractivity (Wildman–Crippen MR) is 77.6 cm³/mol. The minimum absolute atomic E-state index is 0.0129. The molecule has 0 aliphatic carbocycles. The lowest BCUT2D eigenvalue weighted by atomic mass is 10.1. The average molecular weight is 298 g/mol. The zero-order valence-electron chi connectivity index (χ0n) is 12.5. The van der Waals surface area contributed by atoms with E-state index in [2.05, 4.69) is 4.98 Å². The van der Waals surface area contributed by atoms with E-state index in [4.69, 9.17) is 9.47 Å². The fourth-order valence-electron chi connectivity index (χ4n) is 2.36. The van der Waals surface area contributed by atoms with E-state index in [1.54, 1.807) is 11.3 Å². The first-order valence-corrected chi connectivity index (χ1v) is 7.85. The summed E-state index contributed by atoms with van der Waals surface area (Å²) >= 11 is 1.60. The summed E-state index contributed by atoms with van der Waals surface area (Å²) in [5.74, 6) is -0.127. The van der Waals surface area contributed by atoms with E-state index in [1.165, 1.54) is 0 Å². The summed E-state index contributed by atoms with van der Waals surface area (Å²) in [6.07, 6.45) is 0.793. The molecular weight excluding hydrogens is 276 g/mol. The van der Waals surface area contributed by atoms with Crippen molar-refractivity contribution in [3.8, 4) is 0 Å². The molecule has 20 heavy (non-hydrogen) atoms. The van der Waals surface area contributed by atoms with Crippen LogP contribution in [0, 0.1) is 0 Å². The molecular formula is C14H22N2O3S. The van der Waals surface area contributed by atoms with Crippen molar-refractivity contribution in [3.05, 3.63) is 16.1 Å². The van der Waals surface area contributed by atoms with Gasteiger partial charge in [-0.1, -0.05) is 0 Å². The van der Waals surface area contributed by atoms with Crippen molar-refractivity contribution < 1.29 is 14.3 Å². The van der Waals surface area contributed by atoms with Crippen LogP contribution in [-0.2, 0) is 20.8 Å². The summed E-state index contributed by atoms with van der Waals surface area (Å²) in [5.41, 5.74) is 0.978. The number of nitrogens with zero attached hydrogens (tertiary/aromatic N) is 2. The average Bonchev–Trinajstić information content (AvgIpc) is 2.96. The quantitative estimate of drug-likeness (QED) is 0.755. The number of hydrogen-bond acceptors (Lipinski definition) is 6. The Hall–Kier alpha value is -0.980. The van der Waals surface area contributed by atoms with Gasteiger partial charge in [-0.15, -0.1) is 11.3 Å². The summed E-state index contributed by atoms with van der Waals surface area (Å²) in [5, 5.41) is 3.02. The van der Waals surface area contributed by atoms with Gasteiger partial charge in [0.05, 0.1) is 5.69 Å². The number of cyclic esters (lactones) is 1. The maximum atomic E-state index is 11.7. The third-order valence-electron chi connectivity index (χ3n) is 3.42. The van der Waals surface area contributed by atoms with Gasteiger partial charge in [0.1, 0.15) is 23.3 Å². The molecule has 112 valence electrons. The molecule has 2 rings (SSSR count). The van der Waals surface area contributed by atoms with E-state index in [1.807, 2.05) is 38.1 Å². The molecule has 2 heterocycles. The lowest BCUT2D eigenvalue weighted by Crippen LogP contribution is -2.34. The Morgan fingerprint density at radius 3 is 3.00 bits per heavy atom. The molecule has 0 bridgehead atoms. The van der Waals surface area contributed by atoms with Crippen molar-refractivity contribution in [1.82, 2.24) is 9.88 Å². The van der Waals surface area contributed by atoms with Gasteiger partial charge in [0.15, 0.2) is 0 Å². The Bertz CT molecular complexity index is 463. The van der Waals surface area contributed by atoms with Crippen LogP contribution in [0.25, 0.3) is 0 Å². The maximum Gasteiger partial charge on any atom is 0.323 e. The Kier molecular flexibility index (Phi) is 5.12. The van der Waals surface area contributed by atoms with Crippen molar-refractivity contribution in [2.75, 3.05) is 13.7 Å². The van der Waals surface area contributed by atoms with E-state index in [9.17, 15) is 4.79 Å². The van der Waals surface area contributed by atoms with E-state index in [-0.39, 0.29) is 24.2 Å². The van der Waals surface area contributed by atoms with Crippen molar-refractivity contribution in [2.24, 2.45) is 0 Å². The van der Waals surface area contributed by atoms with Crippen LogP contribution < -0.4 is 0 Å². The summed E-state index contributed by atoms with van der Waals surface area (Å²) in [4.78, 5) is 18.3. The summed E-state index contributed by atoms with van der Waals surface area (Å²) in [6, 6.07) is -0.153. The van der Waals surface area contributed by atoms with Crippen molar-refractivity contribution in [3.63, 3.8) is 0 Å². The van der Waals surface area contributed by atoms with E-state index in [0.29, 0.717) is 13.2 Å². The van der Waals surface area contributed by atoms with Gasteiger partial charge in [-0.25, -0.2) is 4.98 Å². The molecule has 1 fully saturated rings. The number of hydrogen-bond donors (Lipinski definition) is 0. The molecule has 1 aromatic heterocycles. The summed E-state index contributed by atoms with van der Waals surface area (Å²) < 4.78 is 10.7. The van der Waals surface area contributed by atoms with Crippen LogP contribution in [0.1, 0.15) is 44.0 Å². The highest BCUT2D eigenvalue weighted by Gasteiger charge is 2.34. The summed E-state index contributed by atoms with van der Waals surface area (Å²) in [6.45, 7) is 7.25. The minimum Gasteiger partial charge on any atom is -0.461 e. The second-order valence-electron chi connectivity index (χ2n) is 5.19. The lowest BCUT2D eigenvalue weighted by molar-refractivity contribution is -0.144. The molecule has 6 heteroatoms. The predicted octanol–water partition coefficient (Wildman–Crippen LogP) is 2.38. The van der Waals surface area contributed by atoms with E-state index in [0.717, 1.165) is 17.1 Å². The molecule has 1 aliphatic rings. The zero-order chi connectivity index (χ0) is 14.7. The third kappa shape index (κ3) is 3.56. The number of carbonyl (C=O) groups excluding carboxylic acids is 1. The largest absolute Gasteiger partial charge is 0.461 e. The van der Waals surface area contributed by atoms with Crippen LogP contribution in [0.3, 0.4) is 0 Å². The molecule has 1 saturated heterocycles. The van der Waals surface area contributed by atoms with Crippen LogP contribution in [0.5, 0.6) is 0 Å². The van der Waals surface area contributed by atoms with Crippen molar-refractivity contribution >= 4 is 17.3 Å². The first kappa shape index (κ1) is 15.4. The van der Waals surface area contributed by atoms with Gasteiger partial charge < -0.3 is 9.47 Å². The number of thiazole rings is 1. The van der Waals surface area contributed by atoms with Gasteiger partial charge in [0, 0.05) is 25.0 Å². The molecule has 0 N–H and O–H groups in total. The standard InChI is InChI=1S/C14H22N2O3S/c1-5-18-10(3)13-15-11(8-20-13)7-16(4)12-6-9(2)19-14(12)17/h8-10,12H,5-7H2,1-4H3/t9-,10+,12-/m0/s1. The highest BCUT2D eigenvalue weighted by atomic mass is 32.1. The molecule has 1 aliphatic heterocycles. The van der Waals surface area contributed by atoms with Crippen molar-refractivity contribution in [2.45, 2.75) is 52.0 Å². The second-order valence-corrected chi connectivity index (χ2v) is 6.08. The first-order valence-electron chi connectivity index (χ1n) is 6.97. The van der Waals surface area contributed by atoms with Gasteiger partial charge in [-0.3, -0.25) is 9.69 Å². The highest BCUT2D eigenvalue weighted by Crippen LogP contribution is 2.24. The topological polar surface area (TPSA) is 51.7 Å². The molecule has 0 aromatic carbocycles. The molecule has 0 saturated carbocycles. The molecule has 3 atom stereocenters. The Labute approximate surface area is 123 Å². The molecule has 0 amide bonds. The van der Waals surface area contributed by atoms with Gasteiger partial charge >= 0.3 is 5.97 Å². The first-order chi connectivity index (χ1) is 9.51. The number of ether oxygens (including phenoxy) is 2. The summed E-state index contributed by atoms with van der Waals surface area (Å²) in [7, 11) is 1.94. The number of rotatable bonds is 6. The normalized spacial score (nSPS) is 24.1. The minimum atomic E-state index is -0.153. The molecule has 5 nitrogen and oxygen atoms in total. The van der Waals surface area contributed by atoms with Gasteiger partial charge in [0.2, 0.25) is 0 Å². The SMILES string of the molecule is CCO[C@H](C)c1nc(CN(C)[C@H]2C[C@H](C)OC2=O)cs1. The van der Waals surface area contributed by atoms with Crippen LogP contribution in [0.2, 0.25) is 0 Å². The van der Waals surface area contributed by atoms with Crippen LogP contribution in [0.4, 0.5) is 0 Å². The molecule has 0 radical (unpaired) electrons. The van der Waals surface area contributed by atoms with Crippen LogP contribution in [0.15, 0.2) is 5.38 Å². The Morgan fingerprint density at radius 2 is 2.40 bits per heavy atom.